The summed E-state index contributed by atoms with van der Waals surface area (Å²) in [4.78, 5) is 3.96. The first-order valence-electron chi connectivity index (χ1n) is 5.55. The molecule has 3 nitrogen and oxygen atoms in total. The van der Waals surface area contributed by atoms with Gasteiger partial charge in [-0.1, -0.05) is 0 Å². The lowest BCUT2D eigenvalue weighted by atomic mass is 10.1. The first-order chi connectivity index (χ1) is 8.16. The number of hydrogen-bond donors (Lipinski definition) is 1. The summed E-state index contributed by atoms with van der Waals surface area (Å²) < 4.78 is 5.71. The number of nitrogens with zero attached hydrogens (tertiary/aromatic N) is 1. The van der Waals surface area contributed by atoms with Crippen LogP contribution in [0.15, 0.2) is 36.7 Å². The van der Waals surface area contributed by atoms with Crippen molar-refractivity contribution in [1.29, 1.82) is 0 Å². The van der Waals surface area contributed by atoms with E-state index in [2.05, 4.69) is 4.98 Å². The van der Waals surface area contributed by atoms with Crippen LogP contribution in [0.3, 0.4) is 0 Å². The van der Waals surface area contributed by atoms with E-state index in [9.17, 15) is 0 Å². The van der Waals surface area contributed by atoms with Crippen LogP contribution in [0.1, 0.15) is 16.7 Å². The molecule has 0 amide bonds. The number of ether oxygens (including phenoxy) is 1. The summed E-state index contributed by atoms with van der Waals surface area (Å²) in [6, 6.07) is 7.78. The lowest BCUT2D eigenvalue weighted by Crippen LogP contribution is -2.00. The van der Waals surface area contributed by atoms with E-state index in [4.69, 9.17) is 10.5 Å². The van der Waals surface area contributed by atoms with Gasteiger partial charge in [0.05, 0.1) is 5.69 Å². The van der Waals surface area contributed by atoms with E-state index in [0.717, 1.165) is 11.3 Å². The lowest BCUT2D eigenvalue weighted by Gasteiger charge is -2.11. The van der Waals surface area contributed by atoms with Crippen LogP contribution in [0.4, 0.5) is 5.69 Å². The van der Waals surface area contributed by atoms with Gasteiger partial charge in [0.1, 0.15) is 12.4 Å². The van der Waals surface area contributed by atoms with Gasteiger partial charge in [0.2, 0.25) is 0 Å². The van der Waals surface area contributed by atoms with Gasteiger partial charge in [-0.3, -0.25) is 4.98 Å². The molecule has 1 heterocycles. The molecule has 0 atom stereocenters. The molecule has 2 rings (SSSR count). The molecule has 3 heteroatoms. The van der Waals surface area contributed by atoms with Crippen molar-refractivity contribution in [2.75, 3.05) is 5.73 Å². The molecule has 0 aliphatic heterocycles. The minimum atomic E-state index is 0.509. The fourth-order valence-electron chi connectivity index (χ4n) is 1.58. The molecule has 0 aliphatic rings. The molecule has 2 aromatic rings. The number of aromatic nitrogens is 1. The van der Waals surface area contributed by atoms with Crippen molar-refractivity contribution in [1.82, 2.24) is 4.98 Å². The highest BCUT2D eigenvalue weighted by Crippen LogP contribution is 2.26. The highest BCUT2D eigenvalue weighted by molar-refractivity contribution is 5.56. The van der Waals surface area contributed by atoms with Crippen molar-refractivity contribution in [2.45, 2.75) is 20.5 Å². The van der Waals surface area contributed by atoms with Gasteiger partial charge in [-0.15, -0.1) is 0 Å². The van der Waals surface area contributed by atoms with Crippen LogP contribution < -0.4 is 10.5 Å². The average Bonchev–Trinajstić information content (AvgIpc) is 2.33. The number of rotatable bonds is 3. The summed E-state index contributed by atoms with van der Waals surface area (Å²) in [6.07, 6.45) is 3.50. The molecule has 1 aromatic carbocycles. The number of anilines is 1. The van der Waals surface area contributed by atoms with Gasteiger partial charge in [0, 0.05) is 12.4 Å². The molecular formula is C14H16N2O. The molecule has 0 bridgehead atoms. The molecule has 0 aliphatic carbocycles. The number of nitrogen functional groups attached to an aromatic ring is 1. The number of benzene rings is 1. The number of aryl methyl sites for hydroxylation is 2. The molecule has 0 saturated carbocycles. The van der Waals surface area contributed by atoms with Gasteiger partial charge in [-0.05, 0) is 54.8 Å². The molecule has 1 aromatic heterocycles. The Hall–Kier alpha value is -2.03. The van der Waals surface area contributed by atoms with Gasteiger partial charge >= 0.3 is 0 Å². The second-order valence-corrected chi connectivity index (χ2v) is 4.12. The number of hydrogen-bond acceptors (Lipinski definition) is 3. The fraction of sp³-hybridized carbons (Fsp3) is 0.214. The van der Waals surface area contributed by atoms with E-state index >= 15 is 0 Å². The molecule has 0 saturated heterocycles. The summed E-state index contributed by atoms with van der Waals surface area (Å²) in [6.45, 7) is 4.60. The Morgan fingerprint density at radius 2 is 1.76 bits per heavy atom. The average molecular weight is 228 g/mol. The van der Waals surface area contributed by atoms with E-state index in [-0.39, 0.29) is 0 Å². The van der Waals surface area contributed by atoms with E-state index in [1.807, 2.05) is 38.1 Å². The van der Waals surface area contributed by atoms with E-state index < -0.39 is 0 Å². The fourth-order valence-corrected chi connectivity index (χ4v) is 1.58. The molecule has 0 radical (unpaired) electrons. The minimum absolute atomic E-state index is 0.509. The number of pyridine rings is 1. The maximum atomic E-state index is 5.92. The quantitative estimate of drug-likeness (QED) is 0.822. The van der Waals surface area contributed by atoms with Crippen LogP contribution in [-0.2, 0) is 6.61 Å². The maximum absolute atomic E-state index is 5.92. The van der Waals surface area contributed by atoms with Gasteiger partial charge in [0.15, 0.2) is 0 Å². The van der Waals surface area contributed by atoms with Crippen LogP contribution in [0.2, 0.25) is 0 Å². The third kappa shape index (κ3) is 2.75. The van der Waals surface area contributed by atoms with Crippen molar-refractivity contribution in [3.8, 4) is 5.75 Å². The second-order valence-electron chi connectivity index (χ2n) is 4.12. The Bertz CT molecular complexity index is 509. The predicted molar refractivity (Wildman–Crippen MR) is 68.9 cm³/mol. The Kier molecular flexibility index (Phi) is 3.28. The Balaban J connectivity index is 2.12. The summed E-state index contributed by atoms with van der Waals surface area (Å²) in [5.41, 5.74) is 10.0. The third-order valence-corrected chi connectivity index (χ3v) is 2.77. The van der Waals surface area contributed by atoms with Crippen LogP contribution in [0.25, 0.3) is 0 Å². The first kappa shape index (κ1) is 11.5. The minimum Gasteiger partial charge on any atom is -0.487 e. The molecule has 0 unspecified atom stereocenters. The Morgan fingerprint density at radius 1 is 1.12 bits per heavy atom. The zero-order chi connectivity index (χ0) is 12.3. The molecule has 0 fully saturated rings. The Morgan fingerprint density at radius 3 is 2.47 bits per heavy atom. The van der Waals surface area contributed by atoms with Gasteiger partial charge < -0.3 is 10.5 Å². The van der Waals surface area contributed by atoms with E-state index in [0.29, 0.717) is 12.3 Å². The van der Waals surface area contributed by atoms with Gasteiger partial charge in [-0.25, -0.2) is 0 Å². The highest BCUT2D eigenvalue weighted by Gasteiger charge is 2.03. The van der Waals surface area contributed by atoms with E-state index in [1.54, 1.807) is 12.4 Å². The van der Waals surface area contributed by atoms with E-state index in [1.165, 1.54) is 11.1 Å². The monoisotopic (exact) mass is 228 g/mol. The second kappa shape index (κ2) is 4.87. The third-order valence-electron chi connectivity index (χ3n) is 2.77. The van der Waals surface area contributed by atoms with Crippen molar-refractivity contribution in [3.05, 3.63) is 53.3 Å². The summed E-state index contributed by atoms with van der Waals surface area (Å²) in [7, 11) is 0. The van der Waals surface area contributed by atoms with Crippen LogP contribution in [0, 0.1) is 13.8 Å². The van der Waals surface area contributed by atoms with Crippen molar-refractivity contribution < 1.29 is 4.74 Å². The maximum Gasteiger partial charge on any atom is 0.142 e. The zero-order valence-corrected chi connectivity index (χ0v) is 10.1. The van der Waals surface area contributed by atoms with Crippen LogP contribution >= 0.6 is 0 Å². The summed E-state index contributed by atoms with van der Waals surface area (Å²) in [5, 5.41) is 0. The first-order valence-corrected chi connectivity index (χ1v) is 5.55. The van der Waals surface area contributed by atoms with Gasteiger partial charge in [0.25, 0.3) is 0 Å². The SMILES string of the molecule is Cc1cc(N)c(OCc2ccncc2)cc1C. The smallest absolute Gasteiger partial charge is 0.142 e. The zero-order valence-electron chi connectivity index (χ0n) is 10.1. The van der Waals surface area contributed by atoms with Crippen molar-refractivity contribution in [3.63, 3.8) is 0 Å². The van der Waals surface area contributed by atoms with Gasteiger partial charge in [-0.2, -0.15) is 0 Å². The molecular weight excluding hydrogens is 212 g/mol. The molecule has 0 spiro atoms. The highest BCUT2D eigenvalue weighted by atomic mass is 16.5. The molecule has 17 heavy (non-hydrogen) atoms. The summed E-state index contributed by atoms with van der Waals surface area (Å²) in [5.74, 6) is 0.741. The van der Waals surface area contributed by atoms with Crippen LogP contribution in [-0.4, -0.2) is 4.98 Å². The van der Waals surface area contributed by atoms with Crippen molar-refractivity contribution >= 4 is 5.69 Å². The number of nitrogens with two attached hydrogens (primary N) is 1. The topological polar surface area (TPSA) is 48.1 Å². The predicted octanol–water partition coefficient (Wildman–Crippen LogP) is 2.86. The normalized spacial score (nSPS) is 10.2. The summed E-state index contributed by atoms with van der Waals surface area (Å²) >= 11 is 0. The largest absolute Gasteiger partial charge is 0.487 e. The lowest BCUT2D eigenvalue weighted by molar-refractivity contribution is 0.307. The Labute approximate surface area is 101 Å². The molecule has 2 N–H and O–H groups in total. The van der Waals surface area contributed by atoms with Crippen LogP contribution in [0.5, 0.6) is 5.75 Å². The van der Waals surface area contributed by atoms with Crippen molar-refractivity contribution in [2.24, 2.45) is 0 Å². The molecule has 88 valence electrons. The standard InChI is InChI=1S/C14H16N2O/c1-10-7-13(15)14(8-11(10)2)17-9-12-3-5-16-6-4-12/h3-8H,9,15H2,1-2H3.